The van der Waals surface area contributed by atoms with E-state index in [4.69, 9.17) is 4.74 Å². The number of nitrogens with zero attached hydrogens (tertiary/aromatic N) is 2. The number of hydrogen-bond donors (Lipinski definition) is 2. The molecule has 1 saturated heterocycles. The van der Waals surface area contributed by atoms with E-state index in [1.54, 1.807) is 11.4 Å². The zero-order chi connectivity index (χ0) is 20.0. The molecule has 0 saturated carbocycles. The number of rotatable bonds is 7. The van der Waals surface area contributed by atoms with Crippen molar-refractivity contribution in [3.8, 4) is 5.75 Å². The molecule has 0 aliphatic carbocycles. The van der Waals surface area contributed by atoms with E-state index in [1.165, 1.54) is 6.26 Å². The summed E-state index contributed by atoms with van der Waals surface area (Å²) in [5, 5.41) is 6.53. The molecule has 1 aromatic rings. The number of hydrogen-bond acceptors (Lipinski definition) is 4. The molecule has 7 nitrogen and oxygen atoms in total. The van der Waals surface area contributed by atoms with Gasteiger partial charge in [-0.2, -0.15) is 4.31 Å². The summed E-state index contributed by atoms with van der Waals surface area (Å²) in [5.74, 6) is 1.51. The lowest BCUT2D eigenvalue weighted by Gasteiger charge is -2.23. The number of ether oxygens (including phenoxy) is 1. The minimum Gasteiger partial charge on any atom is -0.491 e. The van der Waals surface area contributed by atoms with Crippen LogP contribution in [0.15, 0.2) is 23.2 Å². The Labute approximate surface area is 163 Å². The maximum absolute atomic E-state index is 11.9. The molecule has 1 atom stereocenters. The van der Waals surface area contributed by atoms with Crippen molar-refractivity contribution in [2.45, 2.75) is 52.3 Å². The molecule has 152 valence electrons. The molecule has 8 heteroatoms. The molecule has 1 aromatic carbocycles. The first-order valence-electron chi connectivity index (χ1n) is 9.38. The number of aliphatic imine (C=N–C) groups is 1. The number of nitrogens with one attached hydrogen (secondary N) is 2. The summed E-state index contributed by atoms with van der Waals surface area (Å²) in [6, 6.07) is 6.12. The second-order valence-corrected chi connectivity index (χ2v) is 9.19. The van der Waals surface area contributed by atoms with Gasteiger partial charge in [-0.15, -0.1) is 0 Å². The summed E-state index contributed by atoms with van der Waals surface area (Å²) in [6.45, 7) is 7.76. The van der Waals surface area contributed by atoms with Crippen molar-refractivity contribution in [1.82, 2.24) is 14.9 Å². The van der Waals surface area contributed by atoms with Gasteiger partial charge in [-0.25, -0.2) is 8.42 Å². The predicted molar refractivity (Wildman–Crippen MR) is 110 cm³/mol. The summed E-state index contributed by atoms with van der Waals surface area (Å²) in [5.41, 5.74) is 2.20. The van der Waals surface area contributed by atoms with Crippen LogP contribution in [-0.4, -0.2) is 57.2 Å². The van der Waals surface area contributed by atoms with Crippen LogP contribution in [0, 0.1) is 6.92 Å². The molecule has 0 aromatic heterocycles. The molecule has 1 aliphatic heterocycles. The maximum Gasteiger partial charge on any atom is 0.211 e. The summed E-state index contributed by atoms with van der Waals surface area (Å²) >= 11 is 0. The van der Waals surface area contributed by atoms with E-state index >= 15 is 0 Å². The standard InChI is InChI=1S/C19H32N4O3S/c1-14(2)26-18-11-15(3)8-9-16(18)12-21-19(20-4)22-13-17-7-6-10-23(17)27(5,24)25/h8-9,11,14,17H,6-7,10,12-13H2,1-5H3,(H2,20,21,22)/t17-/m1/s1. The molecule has 1 heterocycles. The van der Waals surface area contributed by atoms with E-state index in [-0.39, 0.29) is 12.1 Å². The fraction of sp³-hybridized carbons (Fsp3) is 0.632. The summed E-state index contributed by atoms with van der Waals surface area (Å²) in [7, 11) is -1.46. The predicted octanol–water partition coefficient (Wildman–Crippen LogP) is 1.87. The zero-order valence-electron chi connectivity index (χ0n) is 16.9. The SMILES string of the molecule is CN=C(NCc1ccc(C)cc1OC(C)C)NC[C@H]1CCCN1S(C)(=O)=O. The Kier molecular flexibility index (Phi) is 7.49. The molecule has 0 spiro atoms. The Morgan fingerprint density at radius 1 is 1.37 bits per heavy atom. The van der Waals surface area contributed by atoms with Crippen molar-refractivity contribution in [1.29, 1.82) is 0 Å². The van der Waals surface area contributed by atoms with Crippen LogP contribution in [0.25, 0.3) is 0 Å². The average molecular weight is 397 g/mol. The van der Waals surface area contributed by atoms with E-state index in [2.05, 4.69) is 27.8 Å². The second-order valence-electron chi connectivity index (χ2n) is 7.25. The van der Waals surface area contributed by atoms with Crippen molar-refractivity contribution in [2.75, 3.05) is 26.4 Å². The summed E-state index contributed by atoms with van der Waals surface area (Å²) in [6.07, 6.45) is 3.13. The first kappa shape index (κ1) is 21.5. The number of sulfonamides is 1. The Balaban J connectivity index is 1.95. The third kappa shape index (κ3) is 6.39. The third-order valence-corrected chi connectivity index (χ3v) is 5.84. The molecule has 27 heavy (non-hydrogen) atoms. The van der Waals surface area contributed by atoms with Gasteiger partial charge in [0.05, 0.1) is 12.4 Å². The van der Waals surface area contributed by atoms with Gasteiger partial charge in [0.15, 0.2) is 5.96 Å². The Bertz CT molecular complexity index is 762. The highest BCUT2D eigenvalue weighted by Gasteiger charge is 2.31. The first-order chi connectivity index (χ1) is 12.7. The van der Waals surface area contributed by atoms with Gasteiger partial charge in [0.1, 0.15) is 5.75 Å². The largest absolute Gasteiger partial charge is 0.491 e. The lowest BCUT2D eigenvalue weighted by atomic mass is 10.1. The normalized spacial score (nSPS) is 18.7. The van der Waals surface area contributed by atoms with Gasteiger partial charge in [0.2, 0.25) is 10.0 Å². The molecule has 2 rings (SSSR count). The number of aryl methyl sites for hydroxylation is 1. The topological polar surface area (TPSA) is 83.0 Å². The minimum atomic E-state index is -3.17. The molecule has 1 aliphatic rings. The van der Waals surface area contributed by atoms with Crippen molar-refractivity contribution < 1.29 is 13.2 Å². The number of benzene rings is 1. The Hall–Kier alpha value is -1.80. The van der Waals surface area contributed by atoms with Crippen LogP contribution in [0.5, 0.6) is 5.75 Å². The monoisotopic (exact) mass is 396 g/mol. The van der Waals surface area contributed by atoms with Crippen LogP contribution < -0.4 is 15.4 Å². The molecule has 0 bridgehead atoms. The van der Waals surface area contributed by atoms with E-state index < -0.39 is 10.0 Å². The van der Waals surface area contributed by atoms with E-state index in [0.29, 0.717) is 25.6 Å². The van der Waals surface area contributed by atoms with Gasteiger partial charge in [-0.05, 0) is 45.2 Å². The lowest BCUT2D eigenvalue weighted by molar-refractivity contribution is 0.239. The van der Waals surface area contributed by atoms with Crippen molar-refractivity contribution in [2.24, 2.45) is 4.99 Å². The summed E-state index contributed by atoms with van der Waals surface area (Å²) in [4.78, 5) is 4.25. The molecular weight excluding hydrogens is 364 g/mol. The third-order valence-electron chi connectivity index (χ3n) is 4.51. The van der Waals surface area contributed by atoms with Crippen LogP contribution in [-0.2, 0) is 16.6 Å². The van der Waals surface area contributed by atoms with E-state index in [1.807, 2.05) is 26.8 Å². The highest BCUT2D eigenvalue weighted by Crippen LogP contribution is 2.22. The van der Waals surface area contributed by atoms with Gasteiger partial charge in [0, 0.05) is 38.3 Å². The average Bonchev–Trinajstić information content (AvgIpc) is 3.05. The van der Waals surface area contributed by atoms with Crippen molar-refractivity contribution >= 4 is 16.0 Å². The highest BCUT2D eigenvalue weighted by atomic mass is 32.2. The van der Waals surface area contributed by atoms with E-state index in [0.717, 1.165) is 29.7 Å². The Morgan fingerprint density at radius 2 is 2.11 bits per heavy atom. The second kappa shape index (κ2) is 9.41. The van der Waals surface area contributed by atoms with Gasteiger partial charge in [-0.3, -0.25) is 4.99 Å². The Morgan fingerprint density at radius 3 is 2.74 bits per heavy atom. The van der Waals surface area contributed by atoms with Gasteiger partial charge >= 0.3 is 0 Å². The molecular formula is C19H32N4O3S. The fourth-order valence-electron chi connectivity index (χ4n) is 3.24. The van der Waals surface area contributed by atoms with Crippen LogP contribution in [0.3, 0.4) is 0 Å². The lowest BCUT2D eigenvalue weighted by Crippen LogP contribution is -2.46. The summed E-state index contributed by atoms with van der Waals surface area (Å²) < 4.78 is 31.2. The molecule has 1 fully saturated rings. The molecule has 0 radical (unpaired) electrons. The van der Waals surface area contributed by atoms with Gasteiger partial charge in [0.25, 0.3) is 0 Å². The molecule has 2 N–H and O–H groups in total. The first-order valence-corrected chi connectivity index (χ1v) is 11.2. The fourth-order valence-corrected chi connectivity index (χ4v) is 4.42. The minimum absolute atomic E-state index is 0.0299. The smallest absolute Gasteiger partial charge is 0.211 e. The van der Waals surface area contributed by atoms with Crippen molar-refractivity contribution in [3.05, 3.63) is 29.3 Å². The van der Waals surface area contributed by atoms with Crippen LogP contribution in [0.1, 0.15) is 37.8 Å². The number of guanidine groups is 1. The molecule has 0 amide bonds. The maximum atomic E-state index is 11.9. The van der Waals surface area contributed by atoms with Crippen LogP contribution >= 0.6 is 0 Å². The van der Waals surface area contributed by atoms with Gasteiger partial charge in [-0.1, -0.05) is 12.1 Å². The van der Waals surface area contributed by atoms with Crippen molar-refractivity contribution in [3.63, 3.8) is 0 Å². The van der Waals surface area contributed by atoms with Gasteiger partial charge < -0.3 is 15.4 Å². The molecule has 0 unspecified atom stereocenters. The van der Waals surface area contributed by atoms with Crippen LogP contribution in [0.2, 0.25) is 0 Å². The van der Waals surface area contributed by atoms with Crippen LogP contribution in [0.4, 0.5) is 0 Å². The zero-order valence-corrected chi connectivity index (χ0v) is 17.8. The van der Waals surface area contributed by atoms with E-state index in [9.17, 15) is 8.42 Å². The quantitative estimate of drug-likeness (QED) is 0.543. The highest BCUT2D eigenvalue weighted by molar-refractivity contribution is 7.88.